The maximum Gasteiger partial charge on any atom is 0.311 e. The number of aliphatic carboxylic acids is 1. The van der Waals surface area contributed by atoms with Gasteiger partial charge < -0.3 is 5.11 Å². The van der Waals surface area contributed by atoms with Crippen LogP contribution in [0, 0.1) is 6.92 Å². The van der Waals surface area contributed by atoms with Crippen LogP contribution in [0.3, 0.4) is 0 Å². The van der Waals surface area contributed by atoms with Gasteiger partial charge in [-0.15, -0.1) is 10.2 Å². The van der Waals surface area contributed by atoms with Crippen molar-refractivity contribution in [2.75, 3.05) is 0 Å². The Morgan fingerprint density at radius 1 is 1.57 bits per heavy atom. The molecule has 2 aromatic heterocycles. The Balaban J connectivity index is 2.58. The lowest BCUT2D eigenvalue weighted by Crippen LogP contribution is -2.05. The lowest BCUT2D eigenvalue weighted by atomic mass is 10.3. The first-order chi connectivity index (χ1) is 6.68. The van der Waals surface area contributed by atoms with Crippen LogP contribution in [0.5, 0.6) is 0 Å². The van der Waals surface area contributed by atoms with Crippen molar-refractivity contribution in [2.24, 2.45) is 0 Å². The summed E-state index contributed by atoms with van der Waals surface area (Å²) in [6, 6.07) is 0. The van der Waals surface area contributed by atoms with Crippen LogP contribution < -0.4 is 0 Å². The highest BCUT2D eigenvalue weighted by Crippen LogP contribution is 2.06. The molecule has 2 rings (SSSR count). The molecule has 0 aliphatic carbocycles. The van der Waals surface area contributed by atoms with Gasteiger partial charge in [-0.1, -0.05) is 0 Å². The summed E-state index contributed by atoms with van der Waals surface area (Å²) in [4.78, 5) is 14.4. The molecule has 1 N–H and O–H groups in total. The van der Waals surface area contributed by atoms with E-state index in [2.05, 4.69) is 15.2 Å². The second-order valence-electron chi connectivity index (χ2n) is 2.96. The number of nitrogens with zero attached hydrogens (tertiary/aromatic N) is 4. The number of carbonyl (C=O) groups is 1. The zero-order valence-corrected chi connectivity index (χ0v) is 7.51. The molecule has 0 aliphatic rings. The number of carboxylic acid groups (broad SMARTS) is 1. The minimum absolute atomic E-state index is 0.147. The molecule has 0 aromatic carbocycles. The van der Waals surface area contributed by atoms with E-state index in [9.17, 15) is 4.79 Å². The summed E-state index contributed by atoms with van der Waals surface area (Å²) in [5, 5.41) is 16.3. The van der Waals surface area contributed by atoms with Gasteiger partial charge in [-0.2, -0.15) is 0 Å². The third-order valence-corrected chi connectivity index (χ3v) is 1.88. The van der Waals surface area contributed by atoms with E-state index in [1.807, 2.05) is 6.92 Å². The fourth-order valence-electron chi connectivity index (χ4n) is 1.24. The Morgan fingerprint density at radius 3 is 3.07 bits per heavy atom. The Hall–Kier alpha value is -1.98. The maximum atomic E-state index is 10.5. The molecule has 0 saturated heterocycles. The van der Waals surface area contributed by atoms with Crippen molar-refractivity contribution in [1.29, 1.82) is 0 Å². The van der Waals surface area contributed by atoms with Crippen molar-refractivity contribution >= 4 is 11.6 Å². The van der Waals surface area contributed by atoms with Crippen molar-refractivity contribution in [3.05, 3.63) is 23.9 Å². The Labute approximate surface area is 79.2 Å². The molecule has 2 heterocycles. The summed E-state index contributed by atoms with van der Waals surface area (Å²) < 4.78 is 1.59. The Bertz CT molecular complexity index is 491. The Kier molecular flexibility index (Phi) is 1.88. The normalized spacial score (nSPS) is 10.6. The predicted molar refractivity (Wildman–Crippen MR) is 46.9 cm³/mol. The molecule has 0 atom stereocenters. The molecule has 0 fully saturated rings. The van der Waals surface area contributed by atoms with Crippen LogP contribution in [0.2, 0.25) is 0 Å². The molecule has 0 spiro atoms. The van der Waals surface area contributed by atoms with E-state index in [-0.39, 0.29) is 6.42 Å². The molecular formula is C8H8N4O2. The zero-order valence-electron chi connectivity index (χ0n) is 7.51. The fourth-order valence-corrected chi connectivity index (χ4v) is 1.24. The third kappa shape index (κ3) is 1.30. The van der Waals surface area contributed by atoms with Gasteiger partial charge in [-0.3, -0.25) is 9.20 Å². The van der Waals surface area contributed by atoms with E-state index in [4.69, 9.17) is 5.11 Å². The van der Waals surface area contributed by atoms with Gasteiger partial charge >= 0.3 is 5.97 Å². The Morgan fingerprint density at radius 2 is 2.36 bits per heavy atom. The molecule has 0 unspecified atom stereocenters. The molecule has 0 radical (unpaired) electrons. The van der Waals surface area contributed by atoms with Crippen molar-refractivity contribution in [3.63, 3.8) is 0 Å². The first-order valence-electron chi connectivity index (χ1n) is 4.04. The summed E-state index contributed by atoms with van der Waals surface area (Å²) in [7, 11) is 0. The molecule has 0 saturated carbocycles. The predicted octanol–water partition coefficient (Wildman–Crippen LogP) is 0.0598. The van der Waals surface area contributed by atoms with Crippen LogP contribution in [0.1, 0.15) is 11.4 Å². The van der Waals surface area contributed by atoms with Gasteiger partial charge in [0.15, 0.2) is 5.65 Å². The molecule has 2 aromatic rings. The van der Waals surface area contributed by atoms with Gasteiger partial charge in [0.05, 0.1) is 0 Å². The summed E-state index contributed by atoms with van der Waals surface area (Å²) in [5.41, 5.74) is 1.52. The highest BCUT2D eigenvalue weighted by molar-refractivity contribution is 5.69. The molecule has 6 heteroatoms. The minimum Gasteiger partial charge on any atom is -0.481 e. The van der Waals surface area contributed by atoms with Crippen LogP contribution in [-0.4, -0.2) is 30.7 Å². The second kappa shape index (κ2) is 3.06. The molecule has 72 valence electrons. The highest BCUT2D eigenvalue weighted by atomic mass is 16.4. The van der Waals surface area contributed by atoms with Crippen LogP contribution in [0.25, 0.3) is 5.65 Å². The molecular weight excluding hydrogens is 184 g/mol. The van der Waals surface area contributed by atoms with Gasteiger partial charge in [0.1, 0.15) is 18.6 Å². The largest absolute Gasteiger partial charge is 0.481 e. The van der Waals surface area contributed by atoms with Crippen LogP contribution in [-0.2, 0) is 11.2 Å². The van der Waals surface area contributed by atoms with Gasteiger partial charge in [0.25, 0.3) is 0 Å². The molecule has 6 nitrogen and oxygen atoms in total. The zero-order chi connectivity index (χ0) is 10.1. The minimum atomic E-state index is -0.930. The quantitative estimate of drug-likeness (QED) is 0.727. The fraction of sp³-hybridized carbons (Fsp3) is 0.250. The lowest BCUT2D eigenvalue weighted by molar-refractivity contribution is -0.136. The SMILES string of the molecule is Cc1cncn2c(CC(=O)O)nnc12. The van der Waals surface area contributed by atoms with Gasteiger partial charge in [-0.25, -0.2) is 4.98 Å². The topological polar surface area (TPSA) is 80.4 Å². The van der Waals surface area contributed by atoms with Gasteiger partial charge in [0.2, 0.25) is 0 Å². The van der Waals surface area contributed by atoms with Gasteiger partial charge in [-0.05, 0) is 6.92 Å². The second-order valence-corrected chi connectivity index (χ2v) is 2.96. The number of aromatic nitrogens is 4. The van der Waals surface area contributed by atoms with E-state index >= 15 is 0 Å². The average molecular weight is 192 g/mol. The first kappa shape index (κ1) is 8.61. The number of carboxylic acids is 1. The maximum absolute atomic E-state index is 10.5. The lowest BCUT2D eigenvalue weighted by Gasteiger charge is -1.96. The van der Waals surface area contributed by atoms with Crippen molar-refractivity contribution in [1.82, 2.24) is 19.6 Å². The van der Waals surface area contributed by atoms with E-state index < -0.39 is 5.97 Å². The van der Waals surface area contributed by atoms with E-state index in [1.165, 1.54) is 6.33 Å². The molecule has 0 amide bonds. The van der Waals surface area contributed by atoms with Crippen LogP contribution in [0.15, 0.2) is 12.5 Å². The number of hydrogen-bond acceptors (Lipinski definition) is 4. The monoisotopic (exact) mass is 192 g/mol. The third-order valence-electron chi connectivity index (χ3n) is 1.88. The summed E-state index contributed by atoms with van der Waals surface area (Å²) in [5.74, 6) is -0.537. The molecule has 0 bridgehead atoms. The smallest absolute Gasteiger partial charge is 0.311 e. The van der Waals surface area contributed by atoms with Gasteiger partial charge in [0, 0.05) is 11.8 Å². The van der Waals surface area contributed by atoms with E-state index in [0.29, 0.717) is 11.5 Å². The van der Waals surface area contributed by atoms with Crippen LogP contribution >= 0.6 is 0 Å². The van der Waals surface area contributed by atoms with Crippen LogP contribution in [0.4, 0.5) is 0 Å². The van der Waals surface area contributed by atoms with Crippen molar-refractivity contribution < 1.29 is 9.90 Å². The number of aryl methyl sites for hydroxylation is 1. The average Bonchev–Trinajstić information content (AvgIpc) is 2.49. The molecule has 0 aliphatic heterocycles. The number of hydrogen-bond donors (Lipinski definition) is 1. The van der Waals surface area contributed by atoms with E-state index in [1.54, 1.807) is 10.6 Å². The first-order valence-corrected chi connectivity index (χ1v) is 4.04. The summed E-state index contributed by atoms with van der Waals surface area (Å²) >= 11 is 0. The van der Waals surface area contributed by atoms with Crippen molar-refractivity contribution in [2.45, 2.75) is 13.3 Å². The summed E-state index contributed by atoms with van der Waals surface area (Å²) in [6.07, 6.45) is 3.03. The summed E-state index contributed by atoms with van der Waals surface area (Å²) in [6.45, 7) is 1.85. The van der Waals surface area contributed by atoms with Crippen molar-refractivity contribution in [3.8, 4) is 0 Å². The highest BCUT2D eigenvalue weighted by Gasteiger charge is 2.10. The molecule has 14 heavy (non-hydrogen) atoms. The number of fused-ring (bicyclic) bond motifs is 1. The standard InChI is InChI=1S/C8H8N4O2/c1-5-3-9-4-12-6(2-7(13)14)10-11-8(5)12/h3-4H,2H2,1H3,(H,13,14). The number of rotatable bonds is 2. The van der Waals surface area contributed by atoms with E-state index in [0.717, 1.165) is 5.56 Å².